The number of ether oxygens (including phenoxy) is 2. The number of hydrogen-bond acceptors (Lipinski definition) is 6. The van der Waals surface area contributed by atoms with Crippen LogP contribution in [-0.4, -0.2) is 17.1 Å². The number of hydrogen-bond donors (Lipinski definition) is 1. The summed E-state index contributed by atoms with van der Waals surface area (Å²) in [6.45, 7) is 0.598. The van der Waals surface area contributed by atoms with Gasteiger partial charge >= 0.3 is 7.12 Å². The predicted octanol–water partition coefficient (Wildman–Crippen LogP) is 2.96. The van der Waals surface area contributed by atoms with E-state index in [4.69, 9.17) is 19.4 Å². The van der Waals surface area contributed by atoms with Crippen molar-refractivity contribution in [1.82, 2.24) is 4.98 Å². The standard InChI is InChI=1S/C20H15BN2O4.ClH/c22-11-14-4-7-19(20(9-14)25-13-16-3-1-2-8-23-16)27-17-5-6-18-15(10-17)12-26-21(18)24;/h1-10,24H,12-13H2;1H. The Bertz CT molecular complexity index is 1010. The molecule has 1 aliphatic heterocycles. The molecule has 2 aromatic carbocycles. The molecule has 6 nitrogen and oxygen atoms in total. The lowest BCUT2D eigenvalue weighted by Gasteiger charge is -2.13. The molecule has 0 radical (unpaired) electrons. The number of aromatic nitrogens is 1. The lowest BCUT2D eigenvalue weighted by Crippen LogP contribution is -2.27. The Morgan fingerprint density at radius 3 is 2.82 bits per heavy atom. The van der Waals surface area contributed by atoms with Crippen LogP contribution in [0.15, 0.2) is 60.8 Å². The average molecular weight is 395 g/mol. The van der Waals surface area contributed by atoms with Gasteiger partial charge in [0.25, 0.3) is 0 Å². The van der Waals surface area contributed by atoms with E-state index in [1.165, 1.54) is 0 Å². The molecule has 8 heteroatoms. The minimum absolute atomic E-state index is 0. The van der Waals surface area contributed by atoms with Crippen molar-refractivity contribution in [1.29, 1.82) is 5.26 Å². The maximum absolute atomic E-state index is 9.72. The first kappa shape index (κ1) is 19.7. The van der Waals surface area contributed by atoms with E-state index in [9.17, 15) is 5.02 Å². The van der Waals surface area contributed by atoms with Gasteiger partial charge in [0.05, 0.1) is 23.9 Å². The highest BCUT2D eigenvalue weighted by Crippen LogP contribution is 2.33. The molecule has 1 aliphatic rings. The summed E-state index contributed by atoms with van der Waals surface area (Å²) in [5, 5.41) is 18.9. The molecule has 28 heavy (non-hydrogen) atoms. The Morgan fingerprint density at radius 1 is 1.14 bits per heavy atom. The quantitative estimate of drug-likeness (QED) is 0.670. The molecule has 0 saturated carbocycles. The Labute approximate surface area is 168 Å². The van der Waals surface area contributed by atoms with Crippen molar-refractivity contribution in [3.8, 4) is 23.3 Å². The number of fused-ring (bicyclic) bond motifs is 1. The van der Waals surface area contributed by atoms with Crippen LogP contribution in [0.5, 0.6) is 17.2 Å². The topological polar surface area (TPSA) is 84.6 Å². The summed E-state index contributed by atoms with van der Waals surface area (Å²) in [6, 6.07) is 18.1. The number of benzene rings is 2. The van der Waals surface area contributed by atoms with Gasteiger partial charge in [-0.2, -0.15) is 5.26 Å². The number of nitriles is 1. The first-order valence-corrected chi connectivity index (χ1v) is 8.40. The number of nitrogens with zero attached hydrogens (tertiary/aromatic N) is 2. The van der Waals surface area contributed by atoms with Gasteiger partial charge in [0, 0.05) is 12.3 Å². The highest BCUT2D eigenvalue weighted by atomic mass is 35.5. The summed E-state index contributed by atoms with van der Waals surface area (Å²) < 4.78 is 17.0. The largest absolute Gasteiger partial charge is 0.491 e. The van der Waals surface area contributed by atoms with Gasteiger partial charge in [-0.15, -0.1) is 12.4 Å². The van der Waals surface area contributed by atoms with Crippen LogP contribution in [0.1, 0.15) is 16.8 Å². The van der Waals surface area contributed by atoms with Crippen LogP contribution in [0.2, 0.25) is 0 Å². The zero-order chi connectivity index (χ0) is 18.6. The third kappa shape index (κ3) is 4.26. The molecule has 0 atom stereocenters. The number of halogens is 1. The van der Waals surface area contributed by atoms with E-state index in [0.29, 0.717) is 29.4 Å². The Hall–Kier alpha value is -3.05. The summed E-state index contributed by atoms with van der Waals surface area (Å²) in [6.07, 6.45) is 1.70. The molecule has 0 amide bonds. The van der Waals surface area contributed by atoms with Gasteiger partial charge in [0.1, 0.15) is 12.4 Å². The Morgan fingerprint density at radius 2 is 2.04 bits per heavy atom. The lowest BCUT2D eigenvalue weighted by molar-refractivity contribution is 0.275. The molecule has 0 saturated heterocycles. The second-order valence-corrected chi connectivity index (χ2v) is 6.01. The van der Waals surface area contributed by atoms with Crippen LogP contribution in [0.25, 0.3) is 0 Å². The Kier molecular flexibility index (Phi) is 6.17. The minimum atomic E-state index is -0.888. The van der Waals surface area contributed by atoms with Gasteiger partial charge in [-0.25, -0.2) is 0 Å². The van der Waals surface area contributed by atoms with E-state index < -0.39 is 7.12 Å². The second-order valence-electron chi connectivity index (χ2n) is 6.01. The molecule has 4 rings (SSSR count). The smallest absolute Gasteiger partial charge is 0.483 e. The highest BCUT2D eigenvalue weighted by molar-refractivity contribution is 6.61. The molecule has 0 spiro atoms. The third-order valence-corrected chi connectivity index (χ3v) is 4.18. The van der Waals surface area contributed by atoms with Gasteiger partial charge in [-0.1, -0.05) is 12.1 Å². The van der Waals surface area contributed by atoms with Crippen molar-refractivity contribution in [3.05, 3.63) is 77.6 Å². The molecule has 1 aromatic heterocycles. The summed E-state index contributed by atoms with van der Waals surface area (Å²) in [4.78, 5) is 4.23. The molecule has 2 heterocycles. The number of pyridine rings is 1. The van der Waals surface area contributed by atoms with Gasteiger partial charge in [-0.3, -0.25) is 4.98 Å². The van der Waals surface area contributed by atoms with Crippen molar-refractivity contribution in [2.24, 2.45) is 0 Å². The zero-order valence-electron chi connectivity index (χ0n) is 14.7. The molecule has 1 N–H and O–H groups in total. The summed E-state index contributed by atoms with van der Waals surface area (Å²) in [7, 11) is -0.888. The van der Waals surface area contributed by atoms with Crippen LogP contribution in [0.3, 0.4) is 0 Å². The molecular weight excluding hydrogens is 378 g/mol. The molecule has 3 aromatic rings. The normalized spacial score (nSPS) is 11.9. The van der Waals surface area contributed by atoms with Gasteiger partial charge in [0.15, 0.2) is 11.5 Å². The van der Waals surface area contributed by atoms with Crippen LogP contribution >= 0.6 is 12.4 Å². The summed E-state index contributed by atoms with van der Waals surface area (Å²) in [5.74, 6) is 1.54. The van der Waals surface area contributed by atoms with E-state index in [0.717, 1.165) is 16.7 Å². The number of rotatable bonds is 5. The second kappa shape index (κ2) is 8.76. The van der Waals surface area contributed by atoms with Gasteiger partial charge in [0.2, 0.25) is 0 Å². The fraction of sp³-hybridized carbons (Fsp3) is 0.100. The third-order valence-electron chi connectivity index (χ3n) is 4.18. The SMILES string of the molecule is Cl.N#Cc1ccc(Oc2ccc3c(c2)COB3O)c(OCc2ccccn2)c1. The van der Waals surface area contributed by atoms with E-state index in [2.05, 4.69) is 11.1 Å². The molecule has 0 unspecified atom stereocenters. The molecule has 0 fully saturated rings. The predicted molar refractivity (Wildman–Crippen MR) is 106 cm³/mol. The van der Waals surface area contributed by atoms with Crippen molar-refractivity contribution in [2.75, 3.05) is 0 Å². The van der Waals surface area contributed by atoms with Gasteiger partial charge < -0.3 is 19.2 Å². The molecule has 0 aliphatic carbocycles. The highest BCUT2D eigenvalue weighted by Gasteiger charge is 2.27. The van der Waals surface area contributed by atoms with Crippen molar-refractivity contribution in [2.45, 2.75) is 13.2 Å². The van der Waals surface area contributed by atoms with Gasteiger partial charge in [-0.05, 0) is 47.4 Å². The van der Waals surface area contributed by atoms with Crippen molar-refractivity contribution in [3.63, 3.8) is 0 Å². The van der Waals surface area contributed by atoms with E-state index >= 15 is 0 Å². The summed E-state index contributed by atoms with van der Waals surface area (Å²) in [5.41, 5.74) is 2.87. The van der Waals surface area contributed by atoms with E-state index in [1.807, 2.05) is 24.3 Å². The van der Waals surface area contributed by atoms with Crippen molar-refractivity contribution >= 4 is 25.0 Å². The summed E-state index contributed by atoms with van der Waals surface area (Å²) >= 11 is 0. The maximum Gasteiger partial charge on any atom is 0.491 e. The fourth-order valence-electron chi connectivity index (χ4n) is 2.81. The van der Waals surface area contributed by atoms with E-state index in [1.54, 1.807) is 36.5 Å². The first-order valence-electron chi connectivity index (χ1n) is 8.40. The van der Waals surface area contributed by atoms with Crippen LogP contribution in [0.4, 0.5) is 0 Å². The fourth-order valence-corrected chi connectivity index (χ4v) is 2.81. The van der Waals surface area contributed by atoms with Crippen LogP contribution < -0.4 is 14.9 Å². The molecule has 140 valence electrons. The molecule has 0 bridgehead atoms. The lowest BCUT2D eigenvalue weighted by atomic mass is 9.80. The average Bonchev–Trinajstić information content (AvgIpc) is 3.08. The van der Waals surface area contributed by atoms with Crippen LogP contribution in [0, 0.1) is 11.3 Å². The molecular formula is C20H16BClN2O4. The van der Waals surface area contributed by atoms with Crippen molar-refractivity contribution < 1.29 is 19.2 Å². The first-order chi connectivity index (χ1) is 13.2. The Balaban J connectivity index is 0.00000225. The maximum atomic E-state index is 9.72. The van der Waals surface area contributed by atoms with E-state index in [-0.39, 0.29) is 19.0 Å². The minimum Gasteiger partial charge on any atom is -0.483 e. The monoisotopic (exact) mass is 394 g/mol. The zero-order valence-corrected chi connectivity index (χ0v) is 15.6. The van der Waals surface area contributed by atoms with Crippen LogP contribution in [-0.2, 0) is 17.9 Å².